The van der Waals surface area contributed by atoms with E-state index in [2.05, 4.69) is 5.32 Å². The molecule has 6 nitrogen and oxygen atoms in total. The van der Waals surface area contributed by atoms with Gasteiger partial charge in [-0.2, -0.15) is 0 Å². The van der Waals surface area contributed by atoms with Crippen LogP contribution in [-0.4, -0.2) is 31.8 Å². The summed E-state index contributed by atoms with van der Waals surface area (Å²) in [6, 6.07) is 31.7. The van der Waals surface area contributed by atoms with Crippen LogP contribution in [0, 0.1) is 0 Å². The summed E-state index contributed by atoms with van der Waals surface area (Å²) in [4.78, 5) is 28.8. The van der Waals surface area contributed by atoms with Crippen LogP contribution in [0.3, 0.4) is 0 Å². The van der Waals surface area contributed by atoms with Crippen LogP contribution in [0.1, 0.15) is 10.4 Å². The third-order valence-corrected chi connectivity index (χ3v) is 6.40. The Morgan fingerprint density at radius 3 is 1.75 bits per heavy atom. The summed E-state index contributed by atoms with van der Waals surface area (Å²) in [7, 11) is 3.02. The predicted molar refractivity (Wildman–Crippen MR) is 145 cm³/mol. The zero-order valence-corrected chi connectivity index (χ0v) is 20.8. The van der Waals surface area contributed by atoms with Crippen LogP contribution in [0.2, 0.25) is 0 Å². The van der Waals surface area contributed by atoms with Gasteiger partial charge in [0.2, 0.25) is 5.91 Å². The molecule has 0 spiro atoms. The summed E-state index contributed by atoms with van der Waals surface area (Å²) in [6.45, 7) is 0. The molecule has 4 aromatic rings. The quantitative estimate of drug-likeness (QED) is 0.270. The summed E-state index contributed by atoms with van der Waals surface area (Å²) < 4.78 is 10.6. The number of thioether (sulfide) groups is 1. The lowest BCUT2D eigenvalue weighted by Crippen LogP contribution is -2.27. The van der Waals surface area contributed by atoms with E-state index in [9.17, 15) is 9.59 Å². The number of amides is 2. The smallest absolute Gasteiger partial charge is 0.263 e. The number of nitrogens with zero attached hydrogens (tertiary/aromatic N) is 1. The fourth-order valence-electron chi connectivity index (χ4n) is 3.70. The van der Waals surface area contributed by atoms with E-state index in [0.717, 1.165) is 16.3 Å². The van der Waals surface area contributed by atoms with Gasteiger partial charge >= 0.3 is 0 Å². The van der Waals surface area contributed by atoms with Gasteiger partial charge in [-0.25, -0.2) is 0 Å². The van der Waals surface area contributed by atoms with Crippen molar-refractivity contribution in [2.24, 2.45) is 0 Å². The molecule has 4 rings (SSSR count). The molecule has 0 bridgehead atoms. The van der Waals surface area contributed by atoms with Crippen molar-refractivity contribution in [2.45, 2.75) is 4.90 Å². The van der Waals surface area contributed by atoms with Gasteiger partial charge in [-0.15, -0.1) is 11.8 Å². The average molecular weight is 499 g/mol. The summed E-state index contributed by atoms with van der Waals surface area (Å²) in [6.07, 6.45) is 0. The van der Waals surface area contributed by atoms with Crippen molar-refractivity contribution < 1.29 is 19.1 Å². The second kappa shape index (κ2) is 12.0. The molecule has 0 aliphatic rings. The van der Waals surface area contributed by atoms with Crippen molar-refractivity contribution in [3.63, 3.8) is 0 Å². The van der Waals surface area contributed by atoms with Crippen LogP contribution < -0.4 is 19.7 Å². The predicted octanol–water partition coefficient (Wildman–Crippen LogP) is 6.41. The van der Waals surface area contributed by atoms with Gasteiger partial charge in [-0.05, 0) is 60.7 Å². The average Bonchev–Trinajstić information content (AvgIpc) is 2.93. The lowest BCUT2D eigenvalue weighted by Gasteiger charge is -2.23. The summed E-state index contributed by atoms with van der Waals surface area (Å²) >= 11 is 1.44. The summed E-state index contributed by atoms with van der Waals surface area (Å²) in [5, 5.41) is 2.88. The molecule has 0 saturated heterocycles. The van der Waals surface area contributed by atoms with Gasteiger partial charge in [0.15, 0.2) is 0 Å². The van der Waals surface area contributed by atoms with Gasteiger partial charge in [0, 0.05) is 22.0 Å². The molecular formula is C29H26N2O4S. The molecule has 0 aromatic heterocycles. The molecule has 182 valence electrons. The third-order valence-electron chi connectivity index (χ3n) is 5.41. The molecule has 36 heavy (non-hydrogen) atoms. The monoisotopic (exact) mass is 498 g/mol. The molecule has 0 aliphatic carbocycles. The maximum Gasteiger partial charge on any atom is 0.263 e. The minimum Gasteiger partial charge on any atom is -0.496 e. The maximum absolute atomic E-state index is 13.2. The van der Waals surface area contributed by atoms with Crippen LogP contribution in [0.4, 0.5) is 17.1 Å². The van der Waals surface area contributed by atoms with E-state index in [1.54, 1.807) is 35.2 Å². The first-order valence-electron chi connectivity index (χ1n) is 11.3. The molecule has 1 N–H and O–H groups in total. The minimum atomic E-state index is -0.332. The molecule has 0 fully saturated rings. The lowest BCUT2D eigenvalue weighted by molar-refractivity contribution is -0.115. The van der Waals surface area contributed by atoms with Crippen molar-refractivity contribution in [3.05, 3.63) is 109 Å². The van der Waals surface area contributed by atoms with Crippen molar-refractivity contribution in [1.82, 2.24) is 0 Å². The van der Waals surface area contributed by atoms with Gasteiger partial charge in [0.1, 0.15) is 17.1 Å². The Bertz CT molecular complexity index is 1250. The highest BCUT2D eigenvalue weighted by atomic mass is 32.2. The Kier molecular flexibility index (Phi) is 8.26. The van der Waals surface area contributed by atoms with Gasteiger partial charge in [0.25, 0.3) is 5.91 Å². The van der Waals surface area contributed by atoms with Gasteiger partial charge in [-0.3, -0.25) is 14.5 Å². The second-order valence-electron chi connectivity index (χ2n) is 7.70. The number of ether oxygens (including phenoxy) is 2. The van der Waals surface area contributed by atoms with Crippen LogP contribution in [-0.2, 0) is 4.79 Å². The molecular weight excluding hydrogens is 472 g/mol. The number of methoxy groups -OCH3 is 2. The largest absolute Gasteiger partial charge is 0.496 e. The standard InChI is InChI=1S/C29H26N2O4S/c1-34-25-14-9-15-26(35-2)28(25)29(33)30-21-16-18-24(19-17-21)36-20-27(32)31(22-10-5-3-6-11-22)23-12-7-4-8-13-23/h3-19H,20H2,1-2H3,(H,30,33). The van der Waals surface area contributed by atoms with Gasteiger partial charge in [0.05, 0.1) is 20.0 Å². The van der Waals surface area contributed by atoms with E-state index >= 15 is 0 Å². The second-order valence-corrected chi connectivity index (χ2v) is 8.75. The maximum atomic E-state index is 13.2. The highest BCUT2D eigenvalue weighted by Crippen LogP contribution is 2.30. The molecule has 0 saturated carbocycles. The molecule has 0 aliphatic heterocycles. The van der Waals surface area contributed by atoms with Crippen LogP contribution in [0.15, 0.2) is 108 Å². The van der Waals surface area contributed by atoms with E-state index in [1.807, 2.05) is 72.8 Å². The Balaban J connectivity index is 1.43. The zero-order chi connectivity index (χ0) is 25.3. The Morgan fingerprint density at radius 2 is 1.25 bits per heavy atom. The van der Waals surface area contributed by atoms with Crippen molar-refractivity contribution in [3.8, 4) is 11.5 Å². The topological polar surface area (TPSA) is 67.9 Å². The number of rotatable bonds is 9. The van der Waals surface area contributed by atoms with Crippen molar-refractivity contribution >= 4 is 40.6 Å². The summed E-state index contributed by atoms with van der Waals surface area (Å²) in [5.41, 5.74) is 2.59. The molecule has 0 heterocycles. The van der Waals surface area contributed by atoms with Crippen molar-refractivity contribution in [1.29, 1.82) is 0 Å². The number of hydrogen-bond acceptors (Lipinski definition) is 5. The zero-order valence-electron chi connectivity index (χ0n) is 20.0. The highest BCUT2D eigenvalue weighted by molar-refractivity contribution is 8.00. The number of hydrogen-bond donors (Lipinski definition) is 1. The van der Waals surface area contributed by atoms with E-state index in [0.29, 0.717) is 22.7 Å². The lowest BCUT2D eigenvalue weighted by atomic mass is 10.1. The van der Waals surface area contributed by atoms with Crippen LogP contribution in [0.5, 0.6) is 11.5 Å². The van der Waals surface area contributed by atoms with E-state index < -0.39 is 0 Å². The highest BCUT2D eigenvalue weighted by Gasteiger charge is 2.19. The fourth-order valence-corrected chi connectivity index (χ4v) is 4.45. The fraction of sp³-hybridized carbons (Fsp3) is 0.103. The van der Waals surface area contributed by atoms with E-state index in [4.69, 9.17) is 9.47 Å². The molecule has 7 heteroatoms. The van der Waals surface area contributed by atoms with Gasteiger partial charge in [-0.1, -0.05) is 42.5 Å². The summed E-state index contributed by atoms with van der Waals surface area (Å²) in [5.74, 6) is 0.755. The first-order chi connectivity index (χ1) is 17.6. The number of carbonyl (C=O) groups excluding carboxylic acids is 2. The van der Waals surface area contributed by atoms with Crippen LogP contribution >= 0.6 is 11.8 Å². The first-order valence-corrected chi connectivity index (χ1v) is 12.3. The van der Waals surface area contributed by atoms with Crippen molar-refractivity contribution in [2.75, 3.05) is 30.2 Å². The number of para-hydroxylation sites is 2. The van der Waals surface area contributed by atoms with Gasteiger partial charge < -0.3 is 14.8 Å². The Labute approximate surface area is 214 Å². The Hall–Kier alpha value is -4.23. The van der Waals surface area contributed by atoms with Crippen LogP contribution in [0.25, 0.3) is 0 Å². The molecule has 0 unspecified atom stereocenters. The Morgan fingerprint density at radius 1 is 0.722 bits per heavy atom. The minimum absolute atomic E-state index is 0.0296. The normalized spacial score (nSPS) is 10.4. The number of anilines is 3. The SMILES string of the molecule is COc1cccc(OC)c1C(=O)Nc1ccc(SCC(=O)N(c2ccccc2)c2ccccc2)cc1. The molecule has 2 amide bonds. The number of carbonyl (C=O) groups is 2. The third kappa shape index (κ3) is 5.87. The molecule has 0 atom stereocenters. The van der Waals surface area contributed by atoms with E-state index in [1.165, 1.54) is 26.0 Å². The molecule has 4 aromatic carbocycles. The number of nitrogens with one attached hydrogen (secondary N) is 1. The van der Waals surface area contributed by atoms with E-state index in [-0.39, 0.29) is 17.6 Å². The first kappa shape index (κ1) is 24.9. The number of benzene rings is 4. The molecule has 0 radical (unpaired) electrons.